The van der Waals surface area contributed by atoms with Crippen molar-refractivity contribution < 1.29 is 9.90 Å². The number of benzene rings is 1. The van der Waals surface area contributed by atoms with Crippen molar-refractivity contribution in [3.05, 3.63) is 41.0 Å². The minimum absolute atomic E-state index is 0.00847. The average molecular weight is 272 g/mol. The number of fused-ring (bicyclic) bond motifs is 1. The lowest BCUT2D eigenvalue weighted by atomic mass is 9.89. The van der Waals surface area contributed by atoms with Crippen LogP contribution in [0.2, 0.25) is 0 Å². The second-order valence-corrected chi connectivity index (χ2v) is 5.41. The van der Waals surface area contributed by atoms with E-state index in [1.165, 1.54) is 16.7 Å². The summed E-state index contributed by atoms with van der Waals surface area (Å²) in [5.41, 5.74) is 3.90. The monoisotopic (exact) mass is 272 g/mol. The summed E-state index contributed by atoms with van der Waals surface area (Å²) in [7, 11) is 0. The van der Waals surface area contributed by atoms with Crippen molar-refractivity contribution in [2.45, 2.75) is 25.3 Å². The summed E-state index contributed by atoms with van der Waals surface area (Å²) in [5, 5.41) is 12.7. The standard InChI is InChI=1S/C16H20N2O2/c1-2-11-4-3-5-13-12(11)6-7-14(13)15-10-17-8-9-18(15)16(19)20/h3-7,14-15,17H,2,8-10H2,1H3,(H,19,20). The number of hydrogen-bond donors (Lipinski definition) is 2. The van der Waals surface area contributed by atoms with Crippen molar-refractivity contribution >= 4 is 12.2 Å². The molecule has 1 aromatic carbocycles. The molecule has 1 aliphatic carbocycles. The van der Waals surface area contributed by atoms with Crippen LogP contribution in [0.1, 0.15) is 29.5 Å². The molecule has 2 unspecified atom stereocenters. The fourth-order valence-corrected chi connectivity index (χ4v) is 3.36. The van der Waals surface area contributed by atoms with Gasteiger partial charge in [0.25, 0.3) is 0 Å². The number of aryl methyl sites for hydroxylation is 1. The molecule has 0 spiro atoms. The van der Waals surface area contributed by atoms with Gasteiger partial charge < -0.3 is 15.3 Å². The third-order valence-electron chi connectivity index (χ3n) is 4.38. The van der Waals surface area contributed by atoms with Crippen LogP contribution in [0, 0.1) is 0 Å². The summed E-state index contributed by atoms with van der Waals surface area (Å²) in [6, 6.07) is 6.36. The van der Waals surface area contributed by atoms with Crippen LogP contribution >= 0.6 is 0 Å². The van der Waals surface area contributed by atoms with Crippen LogP contribution in [0.4, 0.5) is 4.79 Å². The van der Waals surface area contributed by atoms with E-state index in [9.17, 15) is 9.90 Å². The Bertz CT molecular complexity index is 553. The highest BCUT2D eigenvalue weighted by atomic mass is 16.4. The van der Waals surface area contributed by atoms with E-state index in [1.807, 2.05) is 0 Å². The minimum atomic E-state index is -0.815. The molecule has 1 aromatic rings. The van der Waals surface area contributed by atoms with E-state index in [4.69, 9.17) is 0 Å². The lowest BCUT2D eigenvalue weighted by Crippen LogP contribution is -2.55. The minimum Gasteiger partial charge on any atom is -0.465 e. The van der Waals surface area contributed by atoms with Crippen molar-refractivity contribution in [2.75, 3.05) is 19.6 Å². The lowest BCUT2D eigenvalue weighted by molar-refractivity contribution is 0.108. The summed E-state index contributed by atoms with van der Waals surface area (Å²) in [6.07, 6.45) is 4.52. The number of nitrogens with zero attached hydrogens (tertiary/aromatic N) is 1. The highest BCUT2D eigenvalue weighted by molar-refractivity contribution is 5.69. The van der Waals surface area contributed by atoms with E-state index in [2.05, 4.69) is 42.6 Å². The van der Waals surface area contributed by atoms with Crippen molar-refractivity contribution in [3.63, 3.8) is 0 Å². The third-order valence-corrected chi connectivity index (χ3v) is 4.38. The molecule has 1 saturated heterocycles. The number of hydrogen-bond acceptors (Lipinski definition) is 2. The maximum atomic E-state index is 11.4. The van der Waals surface area contributed by atoms with Gasteiger partial charge in [-0.3, -0.25) is 0 Å². The zero-order valence-electron chi connectivity index (χ0n) is 11.7. The van der Waals surface area contributed by atoms with Gasteiger partial charge >= 0.3 is 6.09 Å². The zero-order chi connectivity index (χ0) is 14.1. The molecule has 0 radical (unpaired) electrons. The van der Waals surface area contributed by atoms with Gasteiger partial charge in [-0.05, 0) is 23.1 Å². The van der Waals surface area contributed by atoms with Gasteiger partial charge in [0.15, 0.2) is 0 Å². The van der Waals surface area contributed by atoms with Crippen LogP contribution in [-0.2, 0) is 6.42 Å². The van der Waals surface area contributed by atoms with Gasteiger partial charge in [-0.1, -0.05) is 37.3 Å². The van der Waals surface area contributed by atoms with Gasteiger partial charge in [0.2, 0.25) is 0 Å². The molecule has 0 bridgehead atoms. The maximum absolute atomic E-state index is 11.4. The lowest BCUT2D eigenvalue weighted by Gasteiger charge is -2.37. The van der Waals surface area contributed by atoms with Crippen LogP contribution in [0.5, 0.6) is 0 Å². The summed E-state index contributed by atoms with van der Waals surface area (Å²) >= 11 is 0. The predicted molar refractivity (Wildman–Crippen MR) is 79.0 cm³/mol. The third kappa shape index (κ3) is 2.10. The molecule has 2 atom stereocenters. The van der Waals surface area contributed by atoms with E-state index in [0.29, 0.717) is 6.54 Å². The van der Waals surface area contributed by atoms with Crippen LogP contribution in [-0.4, -0.2) is 41.8 Å². The molecule has 0 aromatic heterocycles. The SMILES string of the molecule is CCc1cccc2c1C=CC2C1CNCCN1C(=O)O. The fourth-order valence-electron chi connectivity index (χ4n) is 3.36. The molecule has 4 heteroatoms. The highest BCUT2D eigenvalue weighted by Gasteiger charge is 2.35. The van der Waals surface area contributed by atoms with E-state index in [0.717, 1.165) is 19.5 Å². The quantitative estimate of drug-likeness (QED) is 0.868. The zero-order valence-corrected chi connectivity index (χ0v) is 11.7. The van der Waals surface area contributed by atoms with Crippen LogP contribution in [0.25, 0.3) is 6.08 Å². The number of nitrogens with one attached hydrogen (secondary N) is 1. The van der Waals surface area contributed by atoms with Crippen molar-refractivity contribution in [2.24, 2.45) is 0 Å². The van der Waals surface area contributed by atoms with Crippen LogP contribution in [0.3, 0.4) is 0 Å². The number of amides is 1. The van der Waals surface area contributed by atoms with Gasteiger partial charge in [0.05, 0.1) is 6.04 Å². The first-order chi connectivity index (χ1) is 9.72. The second kappa shape index (κ2) is 5.29. The largest absolute Gasteiger partial charge is 0.465 e. The first kappa shape index (κ1) is 13.2. The topological polar surface area (TPSA) is 52.6 Å². The predicted octanol–water partition coefficient (Wildman–Crippen LogP) is 2.31. The van der Waals surface area contributed by atoms with Crippen LogP contribution in [0.15, 0.2) is 24.3 Å². The average Bonchev–Trinajstić information content (AvgIpc) is 2.90. The maximum Gasteiger partial charge on any atom is 0.407 e. The van der Waals surface area contributed by atoms with E-state index in [-0.39, 0.29) is 12.0 Å². The fraction of sp³-hybridized carbons (Fsp3) is 0.438. The van der Waals surface area contributed by atoms with Gasteiger partial charge in [-0.25, -0.2) is 4.79 Å². The van der Waals surface area contributed by atoms with Crippen molar-refractivity contribution in [3.8, 4) is 0 Å². The Hall–Kier alpha value is -1.81. The Morgan fingerprint density at radius 1 is 1.50 bits per heavy atom. The Kier molecular flexibility index (Phi) is 3.49. The molecule has 0 saturated carbocycles. The molecule has 1 aliphatic heterocycles. The van der Waals surface area contributed by atoms with Gasteiger partial charge in [0.1, 0.15) is 0 Å². The normalized spacial score (nSPS) is 24.8. The molecule has 20 heavy (non-hydrogen) atoms. The van der Waals surface area contributed by atoms with Gasteiger partial charge in [0, 0.05) is 25.6 Å². The molecule has 4 nitrogen and oxygen atoms in total. The first-order valence-electron chi connectivity index (χ1n) is 7.22. The summed E-state index contributed by atoms with van der Waals surface area (Å²) in [4.78, 5) is 13.0. The summed E-state index contributed by atoms with van der Waals surface area (Å²) in [6.45, 7) is 4.17. The Morgan fingerprint density at radius 2 is 2.35 bits per heavy atom. The van der Waals surface area contributed by atoms with Gasteiger partial charge in [-0.15, -0.1) is 0 Å². The molecule has 106 valence electrons. The number of piperazine rings is 1. The molecule has 1 fully saturated rings. The Balaban J connectivity index is 1.94. The molecule has 1 heterocycles. The van der Waals surface area contributed by atoms with E-state index >= 15 is 0 Å². The Morgan fingerprint density at radius 3 is 3.10 bits per heavy atom. The second-order valence-electron chi connectivity index (χ2n) is 5.41. The molecule has 1 amide bonds. The molecule has 2 aliphatic rings. The van der Waals surface area contributed by atoms with E-state index < -0.39 is 6.09 Å². The Labute approximate surface area is 119 Å². The van der Waals surface area contributed by atoms with Crippen LogP contribution < -0.4 is 5.32 Å². The number of rotatable bonds is 2. The smallest absolute Gasteiger partial charge is 0.407 e. The van der Waals surface area contributed by atoms with E-state index in [1.54, 1.807) is 4.90 Å². The van der Waals surface area contributed by atoms with Crippen molar-refractivity contribution in [1.29, 1.82) is 0 Å². The first-order valence-corrected chi connectivity index (χ1v) is 7.22. The molecular weight excluding hydrogens is 252 g/mol. The van der Waals surface area contributed by atoms with Crippen molar-refractivity contribution in [1.82, 2.24) is 10.2 Å². The summed E-state index contributed by atoms with van der Waals surface area (Å²) < 4.78 is 0. The molecule has 3 rings (SSSR count). The molecule has 2 N–H and O–H groups in total. The molecular formula is C16H20N2O2. The summed E-state index contributed by atoms with van der Waals surface area (Å²) in [5.74, 6) is 0.167. The highest BCUT2D eigenvalue weighted by Crippen LogP contribution is 2.36. The number of carboxylic acid groups (broad SMARTS) is 1. The number of carbonyl (C=O) groups is 1. The van der Waals surface area contributed by atoms with Gasteiger partial charge in [-0.2, -0.15) is 0 Å².